The zero-order valence-electron chi connectivity index (χ0n) is 18.7. The van der Waals surface area contributed by atoms with Crippen molar-refractivity contribution in [3.63, 3.8) is 0 Å². The van der Waals surface area contributed by atoms with Gasteiger partial charge in [0.15, 0.2) is 0 Å². The summed E-state index contributed by atoms with van der Waals surface area (Å²) in [6.45, 7) is 3.94. The molecule has 1 heterocycles. The minimum Gasteiger partial charge on any atom is -0.335 e. The highest BCUT2D eigenvalue weighted by Crippen LogP contribution is 2.31. The summed E-state index contributed by atoms with van der Waals surface area (Å²) in [4.78, 5) is 52.0. The molecule has 2 aromatic carbocycles. The van der Waals surface area contributed by atoms with Gasteiger partial charge in [-0.1, -0.05) is 18.2 Å². The lowest BCUT2D eigenvalue weighted by Crippen LogP contribution is -2.45. The van der Waals surface area contributed by atoms with Crippen molar-refractivity contribution >= 4 is 29.4 Å². The molecule has 3 rings (SSSR count). The number of aryl methyl sites for hydroxylation is 2. The fraction of sp³-hybridized carbons (Fsp3) is 0.304. The number of hydrogen-bond donors (Lipinski definition) is 2. The molecule has 1 fully saturated rings. The average molecular weight is 458 g/mol. The summed E-state index contributed by atoms with van der Waals surface area (Å²) >= 11 is 0. The quantitative estimate of drug-likeness (QED) is 0.650. The topological polar surface area (TPSA) is 98.8 Å². The van der Waals surface area contributed by atoms with Crippen LogP contribution in [0.5, 0.6) is 0 Å². The van der Waals surface area contributed by atoms with Crippen molar-refractivity contribution in [3.05, 3.63) is 64.7 Å². The minimum atomic E-state index is -1.87. The van der Waals surface area contributed by atoms with Gasteiger partial charge in [0.2, 0.25) is 11.8 Å². The average Bonchev–Trinajstić information content (AvgIpc) is 2.96. The second-order valence-electron chi connectivity index (χ2n) is 8.14. The van der Waals surface area contributed by atoms with Crippen LogP contribution in [-0.4, -0.2) is 53.7 Å². The van der Waals surface area contributed by atoms with Gasteiger partial charge in [-0.3, -0.25) is 19.3 Å². The standard InChI is InChI=1S/C23H24F2N4O4/c1-13-6-5-7-14(2)20(13)26-18(30)11-28(4)19(31)12-29-21(32)23(3,27-22(29)33)16-10-15(24)8-9-17(16)25/h5-10H,11-12H2,1-4H3,(H,26,30)(H,27,33). The molecule has 5 amide bonds. The molecule has 10 heteroatoms. The van der Waals surface area contributed by atoms with Crippen molar-refractivity contribution in [2.24, 2.45) is 0 Å². The largest absolute Gasteiger partial charge is 0.335 e. The van der Waals surface area contributed by atoms with E-state index in [9.17, 15) is 28.0 Å². The molecular formula is C23H24F2N4O4. The smallest absolute Gasteiger partial charge is 0.325 e. The summed E-state index contributed by atoms with van der Waals surface area (Å²) in [7, 11) is 1.36. The zero-order valence-corrected chi connectivity index (χ0v) is 18.7. The molecule has 2 aromatic rings. The van der Waals surface area contributed by atoms with Gasteiger partial charge in [-0.2, -0.15) is 0 Å². The number of nitrogens with zero attached hydrogens (tertiary/aromatic N) is 2. The molecule has 174 valence electrons. The van der Waals surface area contributed by atoms with E-state index >= 15 is 0 Å². The van der Waals surface area contributed by atoms with Crippen LogP contribution in [0.2, 0.25) is 0 Å². The normalized spacial score (nSPS) is 17.7. The van der Waals surface area contributed by atoms with Crippen LogP contribution in [0.1, 0.15) is 23.6 Å². The molecule has 0 spiro atoms. The van der Waals surface area contributed by atoms with Gasteiger partial charge < -0.3 is 15.5 Å². The third-order valence-electron chi connectivity index (χ3n) is 5.59. The first-order chi connectivity index (χ1) is 15.4. The minimum absolute atomic E-state index is 0.313. The Hall–Kier alpha value is -3.82. The van der Waals surface area contributed by atoms with E-state index in [-0.39, 0.29) is 12.1 Å². The van der Waals surface area contributed by atoms with E-state index in [0.717, 1.165) is 34.2 Å². The molecule has 1 saturated heterocycles. The highest BCUT2D eigenvalue weighted by Gasteiger charge is 2.51. The second kappa shape index (κ2) is 8.97. The Balaban J connectivity index is 1.68. The maximum absolute atomic E-state index is 14.3. The summed E-state index contributed by atoms with van der Waals surface area (Å²) in [5.74, 6) is -3.69. The van der Waals surface area contributed by atoms with Gasteiger partial charge >= 0.3 is 6.03 Å². The predicted octanol–water partition coefficient (Wildman–Crippen LogP) is 2.45. The number of nitrogens with one attached hydrogen (secondary N) is 2. The van der Waals surface area contributed by atoms with Crippen LogP contribution in [0.4, 0.5) is 19.3 Å². The maximum atomic E-state index is 14.3. The molecule has 0 bridgehead atoms. The molecule has 1 atom stereocenters. The summed E-state index contributed by atoms with van der Waals surface area (Å²) < 4.78 is 27.9. The first-order valence-electron chi connectivity index (χ1n) is 10.1. The molecule has 33 heavy (non-hydrogen) atoms. The van der Waals surface area contributed by atoms with E-state index < -0.39 is 47.5 Å². The molecule has 1 aliphatic heterocycles. The molecule has 8 nitrogen and oxygen atoms in total. The van der Waals surface area contributed by atoms with E-state index in [1.54, 1.807) is 0 Å². The fourth-order valence-electron chi connectivity index (χ4n) is 3.65. The van der Waals surface area contributed by atoms with Gasteiger partial charge in [-0.05, 0) is 50.1 Å². The highest BCUT2D eigenvalue weighted by atomic mass is 19.1. The van der Waals surface area contributed by atoms with Crippen LogP contribution >= 0.6 is 0 Å². The van der Waals surface area contributed by atoms with Crippen LogP contribution in [0.25, 0.3) is 0 Å². The van der Waals surface area contributed by atoms with Crippen molar-refractivity contribution < 1.29 is 28.0 Å². The summed E-state index contributed by atoms with van der Waals surface area (Å²) in [6.07, 6.45) is 0. The number of imide groups is 1. The van der Waals surface area contributed by atoms with Crippen molar-refractivity contribution in [3.8, 4) is 0 Å². The van der Waals surface area contributed by atoms with E-state index in [2.05, 4.69) is 10.6 Å². The van der Waals surface area contributed by atoms with Gasteiger partial charge in [0.05, 0.1) is 6.54 Å². The lowest BCUT2D eigenvalue weighted by Gasteiger charge is -2.23. The van der Waals surface area contributed by atoms with Crippen molar-refractivity contribution in [2.75, 3.05) is 25.5 Å². The Labute approximate surface area is 189 Å². The molecular weight excluding hydrogens is 434 g/mol. The molecule has 1 unspecified atom stereocenters. The van der Waals surface area contributed by atoms with E-state index in [1.165, 1.54) is 14.0 Å². The van der Waals surface area contributed by atoms with Crippen LogP contribution in [0, 0.1) is 25.5 Å². The number of rotatable bonds is 6. The van der Waals surface area contributed by atoms with Crippen molar-refractivity contribution in [1.82, 2.24) is 15.1 Å². The summed E-state index contributed by atoms with van der Waals surface area (Å²) in [5.41, 5.74) is 0.144. The van der Waals surface area contributed by atoms with E-state index in [0.29, 0.717) is 10.6 Å². The molecule has 2 N–H and O–H groups in total. The SMILES string of the molecule is Cc1cccc(C)c1NC(=O)CN(C)C(=O)CN1C(=O)NC(C)(c2cc(F)ccc2F)C1=O. The third-order valence-corrected chi connectivity index (χ3v) is 5.59. The van der Waals surface area contributed by atoms with Gasteiger partial charge in [0.25, 0.3) is 5.91 Å². The Bertz CT molecular complexity index is 1130. The van der Waals surface area contributed by atoms with Crippen molar-refractivity contribution in [2.45, 2.75) is 26.3 Å². The lowest BCUT2D eigenvalue weighted by molar-refractivity contribution is -0.139. The van der Waals surface area contributed by atoms with Gasteiger partial charge in [-0.15, -0.1) is 0 Å². The summed E-state index contributed by atoms with van der Waals surface area (Å²) in [5, 5.41) is 5.08. The second-order valence-corrected chi connectivity index (χ2v) is 8.14. The number of likely N-dealkylation sites (N-methyl/N-ethyl adjacent to an activating group) is 1. The number of carbonyl (C=O) groups is 4. The molecule has 1 aliphatic rings. The third kappa shape index (κ3) is 4.69. The Morgan fingerprint density at radius 1 is 1.12 bits per heavy atom. The Morgan fingerprint density at radius 2 is 1.76 bits per heavy atom. The number of urea groups is 1. The number of amides is 5. The van der Waals surface area contributed by atoms with Crippen LogP contribution in [0.3, 0.4) is 0 Å². The monoisotopic (exact) mass is 458 g/mol. The van der Waals surface area contributed by atoms with Gasteiger partial charge in [0, 0.05) is 18.3 Å². The molecule has 0 radical (unpaired) electrons. The first kappa shape index (κ1) is 23.8. The highest BCUT2D eigenvalue weighted by molar-refractivity contribution is 6.09. The van der Waals surface area contributed by atoms with Gasteiger partial charge in [0.1, 0.15) is 23.7 Å². The lowest BCUT2D eigenvalue weighted by atomic mass is 9.91. The first-order valence-corrected chi connectivity index (χ1v) is 10.1. The molecule has 0 aliphatic carbocycles. The van der Waals surface area contributed by atoms with Crippen LogP contribution < -0.4 is 10.6 Å². The predicted molar refractivity (Wildman–Crippen MR) is 116 cm³/mol. The summed E-state index contributed by atoms with van der Waals surface area (Å²) in [6, 6.07) is 7.18. The molecule has 0 aromatic heterocycles. The molecule has 0 saturated carbocycles. The number of hydrogen-bond acceptors (Lipinski definition) is 4. The number of halogens is 2. The fourth-order valence-corrected chi connectivity index (χ4v) is 3.65. The Morgan fingerprint density at radius 3 is 2.39 bits per heavy atom. The van der Waals surface area contributed by atoms with Gasteiger partial charge in [-0.25, -0.2) is 13.6 Å². The number of anilines is 1. The number of benzene rings is 2. The number of para-hydroxylation sites is 1. The van der Waals surface area contributed by atoms with E-state index in [4.69, 9.17) is 0 Å². The van der Waals surface area contributed by atoms with E-state index in [1.807, 2.05) is 32.0 Å². The Kier molecular flexibility index (Phi) is 6.48. The van der Waals surface area contributed by atoms with Crippen LogP contribution in [0.15, 0.2) is 36.4 Å². The van der Waals surface area contributed by atoms with Crippen LogP contribution in [-0.2, 0) is 19.9 Å². The zero-order chi connectivity index (χ0) is 24.5. The number of carbonyl (C=O) groups excluding carboxylic acids is 4. The van der Waals surface area contributed by atoms with Crippen molar-refractivity contribution in [1.29, 1.82) is 0 Å². The maximum Gasteiger partial charge on any atom is 0.325 e.